The van der Waals surface area contributed by atoms with E-state index in [0.717, 1.165) is 54.8 Å². The van der Waals surface area contributed by atoms with Crippen LogP contribution in [0.1, 0.15) is 0 Å². The molecule has 0 unspecified atom stereocenters. The largest absolute Gasteiger partial charge is 0.456 e. The quantitative estimate of drug-likeness (QED) is 0.195. The molecule has 10 rings (SSSR count). The fourth-order valence-electron chi connectivity index (χ4n) is 7.07. The number of benzene rings is 8. The van der Waals surface area contributed by atoms with Gasteiger partial charge in [-0.1, -0.05) is 133 Å². The summed E-state index contributed by atoms with van der Waals surface area (Å²) in [5.41, 5.74) is 6.85. The lowest BCUT2D eigenvalue weighted by Gasteiger charge is -2.11. The van der Waals surface area contributed by atoms with Crippen molar-refractivity contribution in [3.63, 3.8) is 0 Å². The third kappa shape index (κ3) is 4.65. The first-order chi connectivity index (χ1) is 24.2. The zero-order valence-corrected chi connectivity index (χ0v) is 26.3. The van der Waals surface area contributed by atoms with E-state index < -0.39 is 0 Å². The molecule has 0 aliphatic rings. The van der Waals surface area contributed by atoms with Gasteiger partial charge in [-0.05, 0) is 73.8 Å². The highest BCUT2D eigenvalue weighted by Gasteiger charge is 2.18. The Morgan fingerprint density at radius 3 is 1.63 bits per heavy atom. The van der Waals surface area contributed by atoms with Crippen LogP contribution in [0.15, 0.2) is 168 Å². The van der Waals surface area contributed by atoms with E-state index in [1.54, 1.807) is 0 Å². The third-order valence-corrected chi connectivity index (χ3v) is 9.49. The van der Waals surface area contributed by atoms with Gasteiger partial charge in [0.2, 0.25) is 0 Å². The van der Waals surface area contributed by atoms with Crippen LogP contribution in [-0.4, -0.2) is 15.0 Å². The van der Waals surface area contributed by atoms with E-state index in [1.165, 1.54) is 27.3 Å². The number of furan rings is 1. The second-order valence-electron chi connectivity index (χ2n) is 12.4. The molecule has 0 atom stereocenters. The van der Waals surface area contributed by atoms with E-state index in [0.29, 0.717) is 17.5 Å². The SMILES string of the molecule is c1ccc2cc(-c3nc(-c4ccc5cc(-c6cccc7ccccc67)ccc5c4)nc(-c4cccc5oc6ccccc6c45)n3)ccc2c1. The minimum Gasteiger partial charge on any atom is -0.456 e. The zero-order chi connectivity index (χ0) is 32.3. The van der Waals surface area contributed by atoms with E-state index in [4.69, 9.17) is 19.4 Å². The third-order valence-electron chi connectivity index (χ3n) is 9.49. The molecule has 4 nitrogen and oxygen atoms in total. The summed E-state index contributed by atoms with van der Waals surface area (Å²) in [6, 6.07) is 57.1. The lowest BCUT2D eigenvalue weighted by atomic mass is 9.96. The fraction of sp³-hybridized carbons (Fsp3) is 0. The molecule has 0 fully saturated rings. The first kappa shape index (κ1) is 27.5. The molecular formula is C45H27N3O. The molecule has 0 saturated heterocycles. The molecule has 2 heterocycles. The van der Waals surface area contributed by atoms with Crippen molar-refractivity contribution in [1.29, 1.82) is 0 Å². The normalized spacial score (nSPS) is 11.7. The van der Waals surface area contributed by atoms with Gasteiger partial charge in [0.15, 0.2) is 17.5 Å². The molecule has 0 radical (unpaired) electrons. The Morgan fingerprint density at radius 2 is 0.837 bits per heavy atom. The number of hydrogen-bond acceptors (Lipinski definition) is 4. The van der Waals surface area contributed by atoms with Crippen LogP contribution < -0.4 is 0 Å². The number of fused-ring (bicyclic) bond motifs is 6. The highest BCUT2D eigenvalue weighted by atomic mass is 16.3. The van der Waals surface area contributed by atoms with Gasteiger partial charge in [-0.15, -0.1) is 0 Å². The summed E-state index contributed by atoms with van der Waals surface area (Å²) >= 11 is 0. The Morgan fingerprint density at radius 1 is 0.327 bits per heavy atom. The topological polar surface area (TPSA) is 51.8 Å². The second kappa shape index (κ2) is 11.0. The summed E-state index contributed by atoms with van der Waals surface area (Å²) in [4.78, 5) is 15.3. The standard InChI is InChI=1S/C45H27N3O/c1-2-11-30-26-34(23-19-28(30)9-1)43-46-44(48-45(47-43)39-16-8-18-41-42(39)38-14-5-6-17-40(38)49-41)35-24-21-31-25-33(22-20-32(31)27-35)37-15-7-12-29-10-3-4-13-36(29)37/h1-27H. The Bertz CT molecular complexity index is 2900. The lowest BCUT2D eigenvalue weighted by molar-refractivity contribution is 0.669. The van der Waals surface area contributed by atoms with Crippen LogP contribution in [0.4, 0.5) is 0 Å². The predicted octanol–water partition coefficient (Wildman–Crippen LogP) is 11.9. The average molecular weight is 626 g/mol. The highest BCUT2D eigenvalue weighted by molar-refractivity contribution is 6.11. The summed E-state index contributed by atoms with van der Waals surface area (Å²) in [6.07, 6.45) is 0. The average Bonchev–Trinajstić information content (AvgIpc) is 3.56. The van der Waals surface area contributed by atoms with Crippen molar-refractivity contribution in [2.24, 2.45) is 0 Å². The van der Waals surface area contributed by atoms with Crippen LogP contribution in [0.2, 0.25) is 0 Å². The Labute approximate surface area is 282 Å². The number of hydrogen-bond donors (Lipinski definition) is 0. The molecule has 0 aliphatic carbocycles. The Balaban J connectivity index is 1.15. The Hall–Kier alpha value is -6.65. The number of rotatable bonds is 4. The van der Waals surface area contributed by atoms with Gasteiger partial charge in [0, 0.05) is 27.5 Å². The van der Waals surface area contributed by atoms with Gasteiger partial charge in [-0.3, -0.25) is 0 Å². The fourth-order valence-corrected chi connectivity index (χ4v) is 7.07. The van der Waals surface area contributed by atoms with Crippen molar-refractivity contribution < 1.29 is 4.42 Å². The summed E-state index contributed by atoms with van der Waals surface area (Å²) < 4.78 is 6.23. The van der Waals surface area contributed by atoms with E-state index in [9.17, 15) is 0 Å². The summed E-state index contributed by atoms with van der Waals surface area (Å²) in [5, 5.41) is 9.12. The van der Waals surface area contributed by atoms with Gasteiger partial charge in [0.1, 0.15) is 11.2 Å². The summed E-state index contributed by atoms with van der Waals surface area (Å²) in [7, 11) is 0. The molecule has 10 aromatic rings. The van der Waals surface area contributed by atoms with E-state index in [1.807, 2.05) is 30.3 Å². The maximum Gasteiger partial charge on any atom is 0.164 e. The van der Waals surface area contributed by atoms with E-state index >= 15 is 0 Å². The number of nitrogens with zero attached hydrogens (tertiary/aromatic N) is 3. The molecule has 4 heteroatoms. The van der Waals surface area contributed by atoms with Gasteiger partial charge >= 0.3 is 0 Å². The summed E-state index contributed by atoms with van der Waals surface area (Å²) in [6.45, 7) is 0. The van der Waals surface area contributed by atoms with Crippen molar-refractivity contribution in [3.8, 4) is 45.3 Å². The van der Waals surface area contributed by atoms with Crippen molar-refractivity contribution in [2.75, 3.05) is 0 Å². The monoisotopic (exact) mass is 625 g/mol. The summed E-state index contributed by atoms with van der Waals surface area (Å²) in [5.74, 6) is 1.86. The molecule has 0 amide bonds. The number of aromatic nitrogens is 3. The molecule has 228 valence electrons. The Kier molecular flexibility index (Phi) is 6.15. The van der Waals surface area contributed by atoms with Crippen molar-refractivity contribution in [1.82, 2.24) is 15.0 Å². The van der Waals surface area contributed by atoms with Gasteiger partial charge in [0.05, 0.1) is 0 Å². The van der Waals surface area contributed by atoms with Crippen molar-refractivity contribution in [2.45, 2.75) is 0 Å². The zero-order valence-electron chi connectivity index (χ0n) is 26.3. The smallest absolute Gasteiger partial charge is 0.164 e. The molecule has 0 spiro atoms. The van der Waals surface area contributed by atoms with Crippen LogP contribution in [0.5, 0.6) is 0 Å². The van der Waals surface area contributed by atoms with Gasteiger partial charge in [-0.2, -0.15) is 0 Å². The van der Waals surface area contributed by atoms with Crippen LogP contribution in [0.3, 0.4) is 0 Å². The van der Waals surface area contributed by atoms with E-state index in [2.05, 4.69) is 133 Å². The van der Waals surface area contributed by atoms with Crippen molar-refractivity contribution >= 4 is 54.3 Å². The lowest BCUT2D eigenvalue weighted by Crippen LogP contribution is -2.00. The molecule has 0 aliphatic heterocycles. The van der Waals surface area contributed by atoms with Crippen molar-refractivity contribution in [3.05, 3.63) is 164 Å². The van der Waals surface area contributed by atoms with Gasteiger partial charge < -0.3 is 4.42 Å². The maximum absolute atomic E-state index is 6.23. The van der Waals surface area contributed by atoms with Crippen LogP contribution in [0, 0.1) is 0 Å². The molecule has 0 saturated carbocycles. The van der Waals surface area contributed by atoms with Gasteiger partial charge in [0.25, 0.3) is 0 Å². The van der Waals surface area contributed by atoms with Gasteiger partial charge in [-0.25, -0.2) is 15.0 Å². The minimum absolute atomic E-state index is 0.608. The van der Waals surface area contributed by atoms with Crippen LogP contribution in [-0.2, 0) is 0 Å². The molecular weight excluding hydrogens is 599 g/mol. The molecule has 49 heavy (non-hydrogen) atoms. The molecule has 8 aromatic carbocycles. The minimum atomic E-state index is 0.608. The number of para-hydroxylation sites is 1. The van der Waals surface area contributed by atoms with Crippen LogP contribution >= 0.6 is 0 Å². The highest BCUT2D eigenvalue weighted by Crippen LogP contribution is 2.37. The van der Waals surface area contributed by atoms with E-state index in [-0.39, 0.29) is 0 Å². The maximum atomic E-state index is 6.23. The molecule has 0 N–H and O–H groups in total. The second-order valence-corrected chi connectivity index (χ2v) is 12.4. The molecule has 2 aromatic heterocycles. The predicted molar refractivity (Wildman–Crippen MR) is 201 cm³/mol. The van der Waals surface area contributed by atoms with Crippen LogP contribution in [0.25, 0.3) is 99.5 Å². The first-order valence-electron chi connectivity index (χ1n) is 16.4. The molecule has 0 bridgehead atoms. The first-order valence-corrected chi connectivity index (χ1v) is 16.4.